The van der Waals surface area contributed by atoms with Crippen LogP contribution in [0.1, 0.15) is 77.6 Å². The van der Waals surface area contributed by atoms with Gasteiger partial charge in [0, 0.05) is 6.54 Å². The molecule has 5 nitrogen and oxygen atoms in total. The van der Waals surface area contributed by atoms with Crippen molar-refractivity contribution in [2.45, 2.75) is 102 Å². The molecule has 4 unspecified atom stereocenters. The maximum absolute atomic E-state index is 11.9. The van der Waals surface area contributed by atoms with Crippen molar-refractivity contribution in [3.05, 3.63) is 0 Å². The number of rotatable bonds is 6. The van der Waals surface area contributed by atoms with Crippen molar-refractivity contribution in [1.82, 2.24) is 4.90 Å². The number of hydrogen-bond acceptors (Lipinski definition) is 5. The Bertz CT molecular complexity index is 499. The molecule has 2 saturated carbocycles. The molecule has 0 N–H and O–H groups in total. The summed E-state index contributed by atoms with van der Waals surface area (Å²) < 4.78 is 18.1. The van der Waals surface area contributed by atoms with E-state index in [1.807, 2.05) is 6.92 Å². The van der Waals surface area contributed by atoms with E-state index in [1.54, 1.807) is 0 Å². The predicted molar refractivity (Wildman–Crippen MR) is 108 cm³/mol. The van der Waals surface area contributed by atoms with E-state index in [-0.39, 0.29) is 11.9 Å². The zero-order valence-electron chi connectivity index (χ0n) is 17.7. The summed E-state index contributed by atoms with van der Waals surface area (Å²) >= 11 is 0. The highest BCUT2D eigenvalue weighted by molar-refractivity contribution is 5.72. The van der Waals surface area contributed by atoms with E-state index in [0.717, 1.165) is 32.5 Å². The first-order chi connectivity index (χ1) is 13.7. The molecule has 4 aliphatic rings. The SMILES string of the molecule is CCOC(=O)C1CCN(CC2CC3CC(OC4CCCCC4)CCC3O2)CC1. The Balaban J connectivity index is 1.18. The van der Waals surface area contributed by atoms with Crippen LogP contribution in [-0.4, -0.2) is 61.5 Å². The number of carbonyl (C=O) groups excluding carboxylic acids is 1. The second-order valence-electron chi connectivity index (χ2n) is 9.45. The topological polar surface area (TPSA) is 48.0 Å². The molecular formula is C23H39NO4. The molecule has 0 spiro atoms. The third-order valence-electron chi connectivity index (χ3n) is 7.40. The second kappa shape index (κ2) is 9.90. The van der Waals surface area contributed by atoms with Crippen LogP contribution >= 0.6 is 0 Å². The van der Waals surface area contributed by atoms with Crippen LogP contribution < -0.4 is 0 Å². The molecule has 0 amide bonds. The molecule has 2 saturated heterocycles. The highest BCUT2D eigenvalue weighted by Gasteiger charge is 2.41. The minimum absolute atomic E-state index is 0.00528. The average Bonchev–Trinajstić information content (AvgIpc) is 3.11. The van der Waals surface area contributed by atoms with Crippen LogP contribution in [0, 0.1) is 11.8 Å². The Morgan fingerprint density at radius 2 is 1.75 bits per heavy atom. The van der Waals surface area contributed by atoms with E-state index < -0.39 is 0 Å². The Labute approximate surface area is 170 Å². The Morgan fingerprint density at radius 1 is 0.964 bits per heavy atom. The van der Waals surface area contributed by atoms with Crippen LogP contribution in [0.2, 0.25) is 0 Å². The number of nitrogens with zero attached hydrogens (tertiary/aromatic N) is 1. The van der Waals surface area contributed by atoms with Crippen molar-refractivity contribution in [1.29, 1.82) is 0 Å². The van der Waals surface area contributed by atoms with Crippen LogP contribution in [0.15, 0.2) is 0 Å². The van der Waals surface area contributed by atoms with Crippen molar-refractivity contribution < 1.29 is 19.0 Å². The molecule has 0 bridgehead atoms. The van der Waals surface area contributed by atoms with E-state index in [1.165, 1.54) is 57.8 Å². The van der Waals surface area contributed by atoms with Gasteiger partial charge in [-0.25, -0.2) is 0 Å². The molecule has 4 rings (SSSR count). The van der Waals surface area contributed by atoms with Gasteiger partial charge < -0.3 is 19.1 Å². The van der Waals surface area contributed by atoms with Crippen LogP contribution in [-0.2, 0) is 19.0 Å². The quantitative estimate of drug-likeness (QED) is 0.640. The number of fused-ring (bicyclic) bond motifs is 1. The number of piperidine rings is 1. The molecule has 2 heterocycles. The number of likely N-dealkylation sites (tertiary alicyclic amines) is 1. The second-order valence-corrected chi connectivity index (χ2v) is 9.45. The lowest BCUT2D eigenvalue weighted by Gasteiger charge is -2.34. The lowest BCUT2D eigenvalue weighted by atomic mass is 9.83. The molecule has 2 aliphatic carbocycles. The highest BCUT2D eigenvalue weighted by Crippen LogP contribution is 2.40. The summed E-state index contributed by atoms with van der Waals surface area (Å²) in [4.78, 5) is 14.4. The summed E-state index contributed by atoms with van der Waals surface area (Å²) in [5.41, 5.74) is 0. The van der Waals surface area contributed by atoms with Crippen molar-refractivity contribution in [2.24, 2.45) is 11.8 Å². The van der Waals surface area contributed by atoms with Gasteiger partial charge in [0.05, 0.1) is 36.9 Å². The van der Waals surface area contributed by atoms with Crippen LogP contribution in [0.3, 0.4) is 0 Å². The summed E-state index contributed by atoms with van der Waals surface area (Å²) in [5, 5.41) is 0. The van der Waals surface area contributed by atoms with Crippen LogP contribution in [0.25, 0.3) is 0 Å². The fourth-order valence-electron chi connectivity index (χ4n) is 5.87. The summed E-state index contributed by atoms with van der Waals surface area (Å²) in [7, 11) is 0. The van der Waals surface area contributed by atoms with Gasteiger partial charge in [0.2, 0.25) is 0 Å². The van der Waals surface area contributed by atoms with E-state index >= 15 is 0 Å². The van der Waals surface area contributed by atoms with Gasteiger partial charge in [0.1, 0.15) is 0 Å². The first kappa shape index (κ1) is 20.6. The third-order valence-corrected chi connectivity index (χ3v) is 7.40. The van der Waals surface area contributed by atoms with Crippen molar-refractivity contribution >= 4 is 5.97 Å². The van der Waals surface area contributed by atoms with Gasteiger partial charge in [-0.15, -0.1) is 0 Å². The molecule has 0 aromatic carbocycles. The molecule has 0 aromatic heterocycles. The van der Waals surface area contributed by atoms with Crippen molar-refractivity contribution in [3.8, 4) is 0 Å². The maximum atomic E-state index is 11.9. The Kier molecular flexibility index (Phi) is 7.29. The highest BCUT2D eigenvalue weighted by atomic mass is 16.5. The zero-order valence-corrected chi connectivity index (χ0v) is 17.7. The monoisotopic (exact) mass is 393 g/mol. The first-order valence-electron chi connectivity index (χ1n) is 11.9. The predicted octanol–water partition coefficient (Wildman–Crippen LogP) is 3.94. The van der Waals surface area contributed by atoms with E-state index in [4.69, 9.17) is 14.2 Å². The normalized spacial score (nSPS) is 35.6. The molecule has 160 valence electrons. The lowest BCUT2D eigenvalue weighted by Crippen LogP contribution is -2.40. The first-order valence-corrected chi connectivity index (χ1v) is 11.9. The van der Waals surface area contributed by atoms with E-state index in [2.05, 4.69) is 4.90 Å². The van der Waals surface area contributed by atoms with Crippen LogP contribution in [0.5, 0.6) is 0 Å². The minimum Gasteiger partial charge on any atom is -0.466 e. The van der Waals surface area contributed by atoms with E-state index in [0.29, 0.717) is 36.9 Å². The fourth-order valence-corrected chi connectivity index (χ4v) is 5.87. The third kappa shape index (κ3) is 5.28. The molecular weight excluding hydrogens is 354 g/mol. The number of hydrogen-bond donors (Lipinski definition) is 0. The van der Waals surface area contributed by atoms with Gasteiger partial charge in [-0.1, -0.05) is 19.3 Å². The van der Waals surface area contributed by atoms with Crippen molar-refractivity contribution in [3.63, 3.8) is 0 Å². The van der Waals surface area contributed by atoms with Gasteiger partial charge >= 0.3 is 5.97 Å². The van der Waals surface area contributed by atoms with Crippen molar-refractivity contribution in [2.75, 3.05) is 26.2 Å². The minimum atomic E-state index is -0.00528. The smallest absolute Gasteiger partial charge is 0.309 e. The summed E-state index contributed by atoms with van der Waals surface area (Å²) in [6.45, 7) is 5.38. The van der Waals surface area contributed by atoms with Crippen LogP contribution in [0.4, 0.5) is 0 Å². The standard InChI is InChI=1S/C23H39NO4/c1-2-26-23(25)17-10-12-24(13-11-17)16-21-15-18-14-20(8-9-22(18)28-21)27-19-6-4-3-5-7-19/h17-22H,2-16H2,1H3. The molecule has 0 radical (unpaired) electrons. The van der Waals surface area contributed by atoms with Gasteiger partial charge in [-0.2, -0.15) is 0 Å². The molecule has 4 fully saturated rings. The molecule has 28 heavy (non-hydrogen) atoms. The fraction of sp³-hybridized carbons (Fsp3) is 0.957. The number of carbonyl (C=O) groups is 1. The van der Waals surface area contributed by atoms with Gasteiger partial charge in [0.25, 0.3) is 0 Å². The van der Waals surface area contributed by atoms with Gasteiger partial charge in [-0.3, -0.25) is 4.79 Å². The molecule has 5 heteroatoms. The van der Waals surface area contributed by atoms with E-state index in [9.17, 15) is 4.79 Å². The number of ether oxygens (including phenoxy) is 3. The molecule has 0 aromatic rings. The lowest BCUT2D eigenvalue weighted by molar-refractivity contribution is -0.149. The summed E-state index contributed by atoms with van der Waals surface area (Å²) in [6.07, 6.45) is 15.0. The molecule has 4 atom stereocenters. The number of esters is 1. The summed E-state index contributed by atoms with van der Waals surface area (Å²) in [5.74, 6) is 0.777. The van der Waals surface area contributed by atoms with Gasteiger partial charge in [0.15, 0.2) is 0 Å². The largest absolute Gasteiger partial charge is 0.466 e. The Morgan fingerprint density at radius 3 is 2.50 bits per heavy atom. The maximum Gasteiger partial charge on any atom is 0.309 e. The van der Waals surface area contributed by atoms with Gasteiger partial charge in [-0.05, 0) is 77.3 Å². The molecule has 2 aliphatic heterocycles. The zero-order chi connectivity index (χ0) is 19.3. The summed E-state index contributed by atoms with van der Waals surface area (Å²) in [6, 6.07) is 0. The average molecular weight is 394 g/mol. The Hall–Kier alpha value is -0.650.